The van der Waals surface area contributed by atoms with Gasteiger partial charge in [0.2, 0.25) is 10.0 Å². The van der Waals surface area contributed by atoms with Crippen LogP contribution in [0.2, 0.25) is 0 Å². The Labute approximate surface area is 116 Å². The number of nitrogens with one attached hydrogen (secondary N) is 1. The Balaban J connectivity index is 2.60. The molecule has 0 aromatic carbocycles. The van der Waals surface area contributed by atoms with Crippen LogP contribution in [-0.2, 0) is 14.8 Å². The monoisotopic (exact) mass is 290 g/mol. The van der Waals surface area contributed by atoms with Crippen LogP contribution >= 0.6 is 0 Å². The molecule has 0 aromatic rings. The Bertz CT molecular complexity index is 418. The molecule has 0 bridgehead atoms. The zero-order valence-corrected chi connectivity index (χ0v) is 13.2. The van der Waals surface area contributed by atoms with Gasteiger partial charge in [-0.05, 0) is 39.2 Å². The molecule has 5 nitrogen and oxygen atoms in total. The fraction of sp³-hybridized carbons (Fsp3) is 0.923. The molecule has 112 valence electrons. The molecular formula is C13H26N2O3S. The number of carbonyl (C=O) groups excluding carboxylic acids is 1. The number of nitrogens with zero attached hydrogens (tertiary/aromatic N) is 1. The molecule has 1 aliphatic rings. The number of Topliss-reactive ketones (excluding diaryl/α,β-unsaturated/α-hetero) is 1. The third-order valence-electron chi connectivity index (χ3n) is 3.74. The number of hydrogen-bond acceptors (Lipinski definition) is 4. The second kappa shape index (κ2) is 6.33. The first-order valence-corrected chi connectivity index (χ1v) is 8.75. The van der Waals surface area contributed by atoms with Gasteiger partial charge in [-0.1, -0.05) is 6.92 Å². The third-order valence-corrected chi connectivity index (χ3v) is 5.01. The van der Waals surface area contributed by atoms with E-state index < -0.39 is 15.6 Å². The van der Waals surface area contributed by atoms with E-state index in [9.17, 15) is 13.2 Å². The molecule has 1 aliphatic heterocycles. The summed E-state index contributed by atoms with van der Waals surface area (Å²) in [5.74, 6) is 0.309. The smallest absolute Gasteiger partial charge is 0.211 e. The lowest BCUT2D eigenvalue weighted by Crippen LogP contribution is -2.48. The summed E-state index contributed by atoms with van der Waals surface area (Å²) in [6.45, 7) is 7.55. The van der Waals surface area contributed by atoms with Crippen LogP contribution in [0, 0.1) is 5.92 Å². The highest BCUT2D eigenvalue weighted by Crippen LogP contribution is 2.23. The highest BCUT2D eigenvalue weighted by Gasteiger charge is 2.32. The number of carbonyl (C=O) groups is 1. The lowest BCUT2D eigenvalue weighted by atomic mass is 9.87. The van der Waals surface area contributed by atoms with Crippen LogP contribution in [0.15, 0.2) is 0 Å². The van der Waals surface area contributed by atoms with Crippen molar-refractivity contribution in [3.05, 3.63) is 0 Å². The van der Waals surface area contributed by atoms with Gasteiger partial charge in [-0.2, -0.15) is 0 Å². The van der Waals surface area contributed by atoms with E-state index >= 15 is 0 Å². The fourth-order valence-electron chi connectivity index (χ4n) is 2.55. The highest BCUT2D eigenvalue weighted by atomic mass is 32.2. The van der Waals surface area contributed by atoms with Crippen LogP contribution < -0.4 is 5.32 Å². The van der Waals surface area contributed by atoms with Crippen molar-refractivity contribution in [1.82, 2.24) is 9.62 Å². The first kappa shape index (κ1) is 16.6. The van der Waals surface area contributed by atoms with Gasteiger partial charge in [0.05, 0.1) is 11.8 Å². The van der Waals surface area contributed by atoms with Gasteiger partial charge in [0, 0.05) is 19.5 Å². The summed E-state index contributed by atoms with van der Waals surface area (Å²) in [7, 11) is -3.13. The minimum absolute atomic E-state index is 0.147. The predicted molar refractivity (Wildman–Crippen MR) is 76.5 cm³/mol. The Hall–Kier alpha value is -0.460. The van der Waals surface area contributed by atoms with Gasteiger partial charge in [0.1, 0.15) is 0 Å². The molecule has 0 aromatic heterocycles. The van der Waals surface area contributed by atoms with Crippen molar-refractivity contribution >= 4 is 15.8 Å². The average Bonchev–Trinajstić information content (AvgIpc) is 2.28. The molecule has 1 unspecified atom stereocenters. The zero-order chi connectivity index (χ0) is 14.7. The molecule has 0 spiro atoms. The average molecular weight is 290 g/mol. The molecule has 0 amide bonds. The van der Waals surface area contributed by atoms with Gasteiger partial charge < -0.3 is 5.32 Å². The molecule has 19 heavy (non-hydrogen) atoms. The third kappa shape index (κ3) is 4.85. The van der Waals surface area contributed by atoms with Gasteiger partial charge in [0.25, 0.3) is 0 Å². The number of sulfonamides is 1. The second-order valence-corrected chi connectivity index (χ2v) is 7.89. The lowest BCUT2D eigenvalue weighted by Gasteiger charge is -2.32. The Morgan fingerprint density at radius 1 is 1.42 bits per heavy atom. The summed E-state index contributed by atoms with van der Waals surface area (Å²) in [4.78, 5) is 12.2. The van der Waals surface area contributed by atoms with Crippen LogP contribution in [-0.4, -0.2) is 49.9 Å². The number of ketones is 1. The molecular weight excluding hydrogens is 264 g/mol. The summed E-state index contributed by atoms with van der Waals surface area (Å²) in [5, 5.41) is 3.17. The van der Waals surface area contributed by atoms with Crippen molar-refractivity contribution in [1.29, 1.82) is 0 Å². The predicted octanol–water partition coefficient (Wildman–Crippen LogP) is 1.01. The Kier molecular flexibility index (Phi) is 5.53. The lowest BCUT2D eigenvalue weighted by molar-refractivity contribution is -0.125. The van der Waals surface area contributed by atoms with E-state index in [1.165, 1.54) is 10.6 Å². The number of hydrogen-bond donors (Lipinski definition) is 1. The largest absolute Gasteiger partial charge is 0.306 e. The van der Waals surface area contributed by atoms with E-state index in [1.54, 1.807) is 0 Å². The van der Waals surface area contributed by atoms with Crippen LogP contribution in [0.25, 0.3) is 0 Å². The molecule has 6 heteroatoms. The molecule has 1 saturated heterocycles. The molecule has 0 saturated carbocycles. The van der Waals surface area contributed by atoms with Crippen molar-refractivity contribution in [2.24, 2.45) is 5.92 Å². The topological polar surface area (TPSA) is 66.5 Å². The minimum Gasteiger partial charge on any atom is -0.306 e. The van der Waals surface area contributed by atoms with Crippen molar-refractivity contribution in [2.45, 2.75) is 45.6 Å². The van der Waals surface area contributed by atoms with Gasteiger partial charge >= 0.3 is 0 Å². The van der Waals surface area contributed by atoms with Crippen molar-refractivity contribution in [3.63, 3.8) is 0 Å². The van der Waals surface area contributed by atoms with Crippen molar-refractivity contribution < 1.29 is 13.2 Å². The van der Waals surface area contributed by atoms with Crippen molar-refractivity contribution in [2.75, 3.05) is 25.9 Å². The summed E-state index contributed by atoms with van der Waals surface area (Å²) in [6.07, 6.45) is 3.46. The summed E-state index contributed by atoms with van der Waals surface area (Å²) < 4.78 is 24.6. The van der Waals surface area contributed by atoms with E-state index in [2.05, 4.69) is 5.32 Å². The first-order chi connectivity index (χ1) is 8.66. The standard InChI is InChI=1S/C13H26N2O3S/c1-5-14-13(2,3)12(16)9-11-7-6-8-15(10-11)19(4,17)18/h11,14H,5-10H2,1-4H3. The molecule has 1 heterocycles. The van der Waals surface area contributed by atoms with E-state index in [4.69, 9.17) is 0 Å². The van der Waals surface area contributed by atoms with Gasteiger partial charge in [-0.25, -0.2) is 12.7 Å². The first-order valence-electron chi connectivity index (χ1n) is 6.90. The maximum atomic E-state index is 12.2. The number of likely N-dealkylation sites (N-methyl/N-ethyl adjacent to an activating group) is 1. The molecule has 1 N–H and O–H groups in total. The summed E-state index contributed by atoms with van der Waals surface area (Å²) >= 11 is 0. The zero-order valence-electron chi connectivity index (χ0n) is 12.4. The molecule has 1 rings (SSSR count). The SMILES string of the molecule is CCNC(C)(C)C(=O)CC1CCCN(S(C)(=O)=O)C1. The normalized spacial score (nSPS) is 22.4. The van der Waals surface area contributed by atoms with Gasteiger partial charge in [0.15, 0.2) is 5.78 Å². The van der Waals surface area contributed by atoms with Crippen LogP contribution in [0.3, 0.4) is 0 Å². The fourth-order valence-corrected chi connectivity index (χ4v) is 3.49. The minimum atomic E-state index is -3.13. The molecule has 0 radical (unpaired) electrons. The highest BCUT2D eigenvalue weighted by molar-refractivity contribution is 7.88. The van der Waals surface area contributed by atoms with Crippen LogP contribution in [0.1, 0.15) is 40.0 Å². The number of rotatable bonds is 6. The molecule has 1 fully saturated rings. The second-order valence-electron chi connectivity index (χ2n) is 5.91. The van der Waals surface area contributed by atoms with E-state index in [0.717, 1.165) is 19.4 Å². The number of piperidine rings is 1. The Morgan fingerprint density at radius 2 is 2.05 bits per heavy atom. The van der Waals surface area contributed by atoms with E-state index in [0.29, 0.717) is 19.5 Å². The van der Waals surface area contributed by atoms with Crippen LogP contribution in [0.4, 0.5) is 0 Å². The maximum absolute atomic E-state index is 12.2. The van der Waals surface area contributed by atoms with Gasteiger partial charge in [-0.3, -0.25) is 4.79 Å². The molecule has 1 atom stereocenters. The van der Waals surface area contributed by atoms with Crippen LogP contribution in [0.5, 0.6) is 0 Å². The van der Waals surface area contributed by atoms with E-state index in [1.807, 2.05) is 20.8 Å². The maximum Gasteiger partial charge on any atom is 0.211 e. The van der Waals surface area contributed by atoms with Crippen molar-refractivity contribution in [3.8, 4) is 0 Å². The van der Waals surface area contributed by atoms with E-state index in [-0.39, 0.29) is 11.7 Å². The summed E-state index contributed by atoms with van der Waals surface area (Å²) in [6, 6.07) is 0. The Morgan fingerprint density at radius 3 is 2.58 bits per heavy atom. The molecule has 0 aliphatic carbocycles. The summed E-state index contributed by atoms with van der Waals surface area (Å²) in [5.41, 5.74) is -0.526. The quantitative estimate of drug-likeness (QED) is 0.792. The van der Waals surface area contributed by atoms with Gasteiger partial charge in [-0.15, -0.1) is 0 Å².